The first-order valence-corrected chi connectivity index (χ1v) is 12.2. The molecule has 1 aromatic heterocycles. The van der Waals surface area contributed by atoms with Gasteiger partial charge in [-0.15, -0.1) is 10.2 Å². The summed E-state index contributed by atoms with van der Waals surface area (Å²) in [6.07, 6.45) is 1.08. The molecule has 0 spiro atoms. The number of benzene rings is 2. The number of tetrazole rings is 1. The molecule has 5 N–H and O–H groups in total. The van der Waals surface area contributed by atoms with Gasteiger partial charge in [-0.05, 0) is 51.1 Å². The van der Waals surface area contributed by atoms with Gasteiger partial charge in [-0.1, -0.05) is 0 Å². The molecular formula is C27H23N5O9. The molecule has 14 heteroatoms. The summed E-state index contributed by atoms with van der Waals surface area (Å²) in [6, 6.07) is 4.21. The maximum atomic E-state index is 14.0. The number of carboxylic acids is 1. The number of phenols is 3. The van der Waals surface area contributed by atoms with Crippen LogP contribution in [0.5, 0.6) is 23.0 Å². The molecule has 0 radical (unpaired) electrons. The fraction of sp³-hybridized carbons (Fsp3) is 0.222. The lowest BCUT2D eigenvalue weighted by Crippen LogP contribution is -2.40. The van der Waals surface area contributed by atoms with Gasteiger partial charge in [-0.3, -0.25) is 19.2 Å². The highest BCUT2D eigenvalue weighted by molar-refractivity contribution is 6.31. The number of aromatic nitrogens is 4. The van der Waals surface area contributed by atoms with Gasteiger partial charge in [0.1, 0.15) is 39.7 Å². The lowest BCUT2D eigenvalue weighted by molar-refractivity contribution is -0.138. The molecule has 14 nitrogen and oxygen atoms in total. The topological polar surface area (TPSA) is 214 Å². The van der Waals surface area contributed by atoms with Crippen molar-refractivity contribution in [1.82, 2.24) is 20.2 Å². The Kier molecular flexibility index (Phi) is 6.13. The second kappa shape index (κ2) is 9.29. The van der Waals surface area contributed by atoms with Crippen LogP contribution in [0.25, 0.3) is 11.4 Å². The van der Waals surface area contributed by atoms with Crippen LogP contribution in [0.2, 0.25) is 0 Å². The zero-order valence-corrected chi connectivity index (χ0v) is 22.1. The number of anilines is 1. The molecule has 0 unspecified atom stereocenters. The second-order valence-corrected chi connectivity index (χ2v) is 9.78. The van der Waals surface area contributed by atoms with E-state index in [2.05, 4.69) is 20.7 Å². The number of carboxylic acid groups (broad SMARTS) is 1. The van der Waals surface area contributed by atoms with Gasteiger partial charge >= 0.3 is 5.97 Å². The molecule has 0 saturated heterocycles. The van der Waals surface area contributed by atoms with Crippen LogP contribution in [-0.2, 0) is 26.3 Å². The molecule has 3 aromatic rings. The molecule has 0 saturated carbocycles. The van der Waals surface area contributed by atoms with Gasteiger partial charge in [-0.25, -0.2) is 0 Å². The van der Waals surface area contributed by atoms with Gasteiger partial charge in [0.15, 0.2) is 23.9 Å². The minimum absolute atomic E-state index is 0.0271. The van der Waals surface area contributed by atoms with E-state index < -0.39 is 46.8 Å². The number of Topliss-reactive ketones (excluding diaryl/α,β-unsaturated/α-hetero) is 2. The Labute approximate surface area is 231 Å². The minimum atomic E-state index is -1.70. The Morgan fingerprint density at radius 1 is 1.12 bits per heavy atom. The minimum Gasteiger partial charge on any atom is -0.507 e. The van der Waals surface area contributed by atoms with Gasteiger partial charge in [0, 0.05) is 22.9 Å². The highest BCUT2D eigenvalue weighted by atomic mass is 16.5. The third-order valence-corrected chi connectivity index (χ3v) is 7.07. The summed E-state index contributed by atoms with van der Waals surface area (Å²) in [5.74, 6) is -4.61. The number of ketones is 3. The van der Waals surface area contributed by atoms with Crippen molar-refractivity contribution >= 4 is 29.0 Å². The number of allylic oxidation sites excluding steroid dienone is 4. The molecule has 2 aromatic carbocycles. The zero-order valence-electron chi connectivity index (χ0n) is 22.1. The van der Waals surface area contributed by atoms with E-state index in [0.717, 1.165) is 10.9 Å². The van der Waals surface area contributed by atoms with Crippen LogP contribution in [0.3, 0.4) is 0 Å². The number of hydrogen-bond acceptors (Lipinski definition) is 12. The number of phenolic OH excluding ortho intramolecular Hbond substituents is 3. The molecule has 210 valence electrons. The predicted molar refractivity (Wildman–Crippen MR) is 139 cm³/mol. The van der Waals surface area contributed by atoms with E-state index >= 15 is 0 Å². The normalized spacial score (nSPS) is 18.8. The molecule has 0 amide bonds. The lowest BCUT2D eigenvalue weighted by atomic mass is 9.70. The predicted octanol–water partition coefficient (Wildman–Crippen LogP) is 2.12. The molecule has 2 heterocycles. The van der Waals surface area contributed by atoms with Crippen LogP contribution in [0.4, 0.5) is 5.69 Å². The number of nitrogens with zero attached hydrogens (tertiary/aromatic N) is 4. The molecule has 2 aliphatic rings. The summed E-state index contributed by atoms with van der Waals surface area (Å²) in [7, 11) is 0. The number of hydrogen-bond donors (Lipinski definition) is 5. The SMILES string of the molecule is CC(=O)c1c(O)c(C)c(O)c2c1OC1=CC(=O)C(=C(C)Nc3cc(-c4nnn(CC(=O)O)n4)ccc3O)C(=O)[C@@]12C. The van der Waals surface area contributed by atoms with Crippen molar-refractivity contribution in [3.8, 4) is 34.4 Å². The molecule has 5 rings (SSSR count). The van der Waals surface area contributed by atoms with E-state index in [1.54, 1.807) is 0 Å². The fourth-order valence-electron chi connectivity index (χ4n) is 4.95. The van der Waals surface area contributed by atoms with Gasteiger partial charge in [-0.2, -0.15) is 4.80 Å². The maximum absolute atomic E-state index is 14.0. The Balaban J connectivity index is 1.57. The zero-order chi connectivity index (χ0) is 30.0. The van der Waals surface area contributed by atoms with Crippen LogP contribution < -0.4 is 10.1 Å². The van der Waals surface area contributed by atoms with Gasteiger partial charge in [0.2, 0.25) is 5.82 Å². The quantitative estimate of drug-likeness (QED) is 0.126. The first-order valence-electron chi connectivity index (χ1n) is 12.2. The van der Waals surface area contributed by atoms with E-state index in [4.69, 9.17) is 9.84 Å². The van der Waals surface area contributed by atoms with E-state index in [1.165, 1.54) is 45.9 Å². The largest absolute Gasteiger partial charge is 0.507 e. The van der Waals surface area contributed by atoms with Crippen molar-refractivity contribution in [1.29, 1.82) is 0 Å². The summed E-state index contributed by atoms with van der Waals surface area (Å²) in [4.78, 5) is 51.3. The highest BCUT2D eigenvalue weighted by Gasteiger charge is 2.56. The van der Waals surface area contributed by atoms with E-state index in [9.17, 15) is 34.5 Å². The Hall–Kier alpha value is -5.53. The molecule has 1 aliphatic carbocycles. The smallest absolute Gasteiger partial charge is 0.327 e. The summed E-state index contributed by atoms with van der Waals surface area (Å²) in [5, 5.41) is 55.2. The number of fused-ring (bicyclic) bond motifs is 3. The summed E-state index contributed by atoms with van der Waals surface area (Å²) in [6.45, 7) is 4.96. The van der Waals surface area contributed by atoms with Crippen LogP contribution in [-0.4, -0.2) is 64.0 Å². The first-order chi connectivity index (χ1) is 19.2. The Morgan fingerprint density at radius 2 is 1.83 bits per heavy atom. The summed E-state index contributed by atoms with van der Waals surface area (Å²) < 4.78 is 5.76. The van der Waals surface area contributed by atoms with Crippen molar-refractivity contribution in [3.63, 3.8) is 0 Å². The third-order valence-electron chi connectivity index (χ3n) is 7.07. The van der Waals surface area contributed by atoms with Gasteiger partial charge < -0.3 is 30.5 Å². The maximum Gasteiger partial charge on any atom is 0.327 e. The average molecular weight is 562 g/mol. The molecule has 41 heavy (non-hydrogen) atoms. The van der Waals surface area contributed by atoms with E-state index in [-0.39, 0.29) is 56.7 Å². The third kappa shape index (κ3) is 4.07. The number of rotatable bonds is 6. The average Bonchev–Trinajstić information content (AvgIpc) is 3.46. The number of nitrogens with one attached hydrogen (secondary N) is 1. The van der Waals surface area contributed by atoms with Crippen LogP contribution >= 0.6 is 0 Å². The summed E-state index contributed by atoms with van der Waals surface area (Å²) >= 11 is 0. The van der Waals surface area contributed by atoms with Crippen LogP contribution in [0.1, 0.15) is 42.3 Å². The van der Waals surface area contributed by atoms with Crippen LogP contribution in [0, 0.1) is 6.92 Å². The molecule has 1 atom stereocenters. The number of aromatic hydroxyl groups is 3. The highest BCUT2D eigenvalue weighted by Crippen LogP contribution is 2.57. The Bertz CT molecular complexity index is 1790. The molecule has 1 aliphatic heterocycles. The monoisotopic (exact) mass is 561 g/mol. The van der Waals surface area contributed by atoms with E-state index in [0.29, 0.717) is 5.56 Å². The van der Waals surface area contributed by atoms with Crippen LogP contribution in [0.15, 0.2) is 41.3 Å². The van der Waals surface area contributed by atoms with Crippen molar-refractivity contribution in [2.45, 2.75) is 39.7 Å². The first kappa shape index (κ1) is 27.1. The summed E-state index contributed by atoms with van der Waals surface area (Å²) in [5.41, 5.74) is -1.81. The van der Waals surface area contributed by atoms with Gasteiger partial charge in [0.25, 0.3) is 0 Å². The number of carbonyl (C=O) groups is 4. The number of ether oxygens (including phenoxy) is 1. The van der Waals surface area contributed by atoms with Crippen molar-refractivity contribution in [2.24, 2.45) is 0 Å². The van der Waals surface area contributed by atoms with Crippen molar-refractivity contribution in [3.05, 3.63) is 58.0 Å². The fourth-order valence-corrected chi connectivity index (χ4v) is 4.95. The Morgan fingerprint density at radius 3 is 2.49 bits per heavy atom. The number of aliphatic carboxylic acids is 1. The molecular weight excluding hydrogens is 538 g/mol. The molecule has 0 fully saturated rings. The van der Waals surface area contributed by atoms with Gasteiger partial charge in [0.05, 0.1) is 16.8 Å². The van der Waals surface area contributed by atoms with Crippen molar-refractivity contribution < 1.29 is 44.3 Å². The lowest BCUT2D eigenvalue weighted by Gasteiger charge is -2.29. The number of carbonyl (C=O) groups excluding carboxylic acids is 3. The second-order valence-electron chi connectivity index (χ2n) is 9.78. The molecule has 0 bridgehead atoms. The van der Waals surface area contributed by atoms with Crippen molar-refractivity contribution in [2.75, 3.05) is 5.32 Å². The van der Waals surface area contributed by atoms with E-state index in [1.807, 2.05) is 0 Å². The standard InChI is InChI=1S/C27H23N5O9/c1-10-22(38)20(12(3)33)24-21(23(10)39)27(4)17(41-24)8-16(35)19(25(27)40)11(2)28-14-7-13(5-6-15(14)34)26-29-31-32(30-26)9-18(36)37/h5-8,28,34,38-39H,9H2,1-4H3,(H,36,37)/t27-/m0/s1.